The van der Waals surface area contributed by atoms with Crippen molar-refractivity contribution in [2.75, 3.05) is 6.61 Å². The van der Waals surface area contributed by atoms with Gasteiger partial charge in [-0.15, -0.1) is 11.3 Å². The van der Waals surface area contributed by atoms with Crippen LogP contribution in [0.15, 0.2) is 12.1 Å². The highest BCUT2D eigenvalue weighted by Gasteiger charge is 2.38. The lowest BCUT2D eigenvalue weighted by Crippen LogP contribution is -2.35. The molecule has 0 fully saturated rings. The molecule has 0 spiro atoms. The zero-order valence-corrected chi connectivity index (χ0v) is 8.65. The van der Waals surface area contributed by atoms with E-state index in [1.165, 1.54) is 11.3 Å². The Morgan fingerprint density at radius 1 is 1.57 bits per heavy atom. The minimum atomic E-state index is -3.24. The van der Waals surface area contributed by atoms with Crippen molar-refractivity contribution in [2.45, 2.75) is 25.3 Å². The lowest BCUT2D eigenvalue weighted by atomic mass is 10.1. The van der Waals surface area contributed by atoms with Crippen LogP contribution in [0, 0.1) is 0 Å². The predicted molar refractivity (Wildman–Crippen MR) is 52.7 cm³/mol. The van der Waals surface area contributed by atoms with Crippen molar-refractivity contribution in [3.8, 4) is 0 Å². The summed E-state index contributed by atoms with van der Waals surface area (Å²) < 4.78 is 26.0. The summed E-state index contributed by atoms with van der Waals surface area (Å²) >= 11 is 1.27. The quantitative estimate of drug-likeness (QED) is 0.816. The summed E-state index contributed by atoms with van der Waals surface area (Å²) in [7, 11) is 0. The van der Waals surface area contributed by atoms with Gasteiger partial charge in [-0.3, -0.25) is 0 Å². The van der Waals surface area contributed by atoms with E-state index in [4.69, 9.17) is 10.8 Å². The molecule has 0 amide bonds. The van der Waals surface area contributed by atoms with Crippen LogP contribution in [0.3, 0.4) is 0 Å². The van der Waals surface area contributed by atoms with Crippen molar-refractivity contribution in [2.24, 2.45) is 5.73 Å². The molecule has 0 aliphatic rings. The van der Waals surface area contributed by atoms with Crippen molar-refractivity contribution in [3.63, 3.8) is 0 Å². The topological polar surface area (TPSA) is 46.2 Å². The predicted octanol–water partition coefficient (Wildman–Crippen LogP) is 1.94. The Kier molecular flexibility index (Phi) is 3.58. The number of aliphatic hydroxyl groups is 1. The van der Waals surface area contributed by atoms with Gasteiger partial charge in [0.1, 0.15) is 12.6 Å². The second-order valence-electron chi connectivity index (χ2n) is 3.05. The summed E-state index contributed by atoms with van der Waals surface area (Å²) in [5, 5.41) is 8.46. The molecular formula is C9H13F2NOS. The summed E-state index contributed by atoms with van der Waals surface area (Å²) in [6, 6.07) is 1.98. The monoisotopic (exact) mass is 221 g/mol. The zero-order valence-electron chi connectivity index (χ0n) is 7.84. The molecule has 0 bridgehead atoms. The molecule has 1 aromatic heterocycles. The summed E-state index contributed by atoms with van der Waals surface area (Å²) in [6.07, 6.45) is 0.808. The van der Waals surface area contributed by atoms with Gasteiger partial charge < -0.3 is 10.8 Å². The van der Waals surface area contributed by atoms with Gasteiger partial charge in [-0.1, -0.05) is 6.92 Å². The Bertz CT molecular complexity index is 301. The molecule has 0 aromatic carbocycles. The fraction of sp³-hybridized carbons (Fsp3) is 0.556. The normalized spacial score (nSPS) is 14.4. The third-order valence-electron chi connectivity index (χ3n) is 2.00. The number of aliphatic hydroxyl groups excluding tert-OH is 1. The van der Waals surface area contributed by atoms with Crippen molar-refractivity contribution in [1.82, 2.24) is 0 Å². The van der Waals surface area contributed by atoms with E-state index in [1.54, 1.807) is 12.1 Å². The van der Waals surface area contributed by atoms with Gasteiger partial charge >= 0.3 is 0 Å². The smallest absolute Gasteiger partial charge is 0.290 e. The van der Waals surface area contributed by atoms with E-state index in [-0.39, 0.29) is 0 Å². The van der Waals surface area contributed by atoms with Crippen LogP contribution in [0.1, 0.15) is 22.7 Å². The van der Waals surface area contributed by atoms with Gasteiger partial charge in [0.15, 0.2) is 0 Å². The molecule has 0 radical (unpaired) electrons. The highest BCUT2D eigenvalue weighted by molar-refractivity contribution is 7.12. The van der Waals surface area contributed by atoms with Crippen LogP contribution >= 0.6 is 11.3 Å². The number of rotatable bonds is 4. The fourth-order valence-corrected chi connectivity index (χ4v) is 2.08. The lowest BCUT2D eigenvalue weighted by molar-refractivity contribution is -0.0703. The molecule has 80 valence electrons. The molecule has 1 rings (SSSR count). The van der Waals surface area contributed by atoms with Crippen LogP contribution in [-0.4, -0.2) is 17.6 Å². The maximum Gasteiger partial charge on any atom is 0.290 e. The lowest BCUT2D eigenvalue weighted by Gasteiger charge is -2.19. The summed E-state index contributed by atoms with van der Waals surface area (Å²) in [5.41, 5.74) is 5.35. The number of nitrogens with two attached hydrogens (primary N) is 1. The van der Waals surface area contributed by atoms with E-state index in [0.717, 1.165) is 11.3 Å². The van der Waals surface area contributed by atoms with Crippen LogP contribution < -0.4 is 5.73 Å². The average Bonchev–Trinajstić information content (AvgIpc) is 2.64. The number of alkyl halides is 2. The molecule has 5 heteroatoms. The molecule has 2 nitrogen and oxygen atoms in total. The van der Waals surface area contributed by atoms with Gasteiger partial charge in [0, 0.05) is 9.75 Å². The number of aryl methyl sites for hydroxylation is 1. The molecular weight excluding hydrogens is 208 g/mol. The third-order valence-corrected chi connectivity index (χ3v) is 3.32. The van der Waals surface area contributed by atoms with E-state index in [9.17, 15) is 8.78 Å². The Morgan fingerprint density at radius 2 is 2.21 bits per heavy atom. The van der Waals surface area contributed by atoms with Gasteiger partial charge in [-0.05, 0) is 18.6 Å². The van der Waals surface area contributed by atoms with E-state index in [2.05, 4.69) is 0 Å². The van der Waals surface area contributed by atoms with Gasteiger partial charge in [0.25, 0.3) is 5.92 Å². The maximum atomic E-state index is 13.0. The van der Waals surface area contributed by atoms with Crippen molar-refractivity contribution in [3.05, 3.63) is 21.9 Å². The molecule has 3 N–H and O–H groups in total. The zero-order chi connectivity index (χ0) is 10.8. The van der Waals surface area contributed by atoms with Gasteiger partial charge in [0.05, 0.1) is 0 Å². The molecule has 0 aliphatic heterocycles. The SMILES string of the molecule is CCc1ccc([C@@H](N)C(F)(F)CO)s1. The number of thiophene rings is 1. The molecule has 0 saturated heterocycles. The standard InChI is InChI=1S/C9H13F2NOS/c1-2-6-3-4-7(14-6)8(12)9(10,11)5-13/h3-4,8,13H,2,5,12H2,1H3/t8-/m1/s1. The summed E-state index contributed by atoms with van der Waals surface area (Å²) in [6.45, 7) is 0.735. The van der Waals surface area contributed by atoms with Crippen molar-refractivity contribution >= 4 is 11.3 Å². The van der Waals surface area contributed by atoms with Gasteiger partial charge in [0.2, 0.25) is 0 Å². The number of halogens is 2. The van der Waals surface area contributed by atoms with Crippen LogP contribution in [0.5, 0.6) is 0 Å². The first kappa shape index (κ1) is 11.6. The van der Waals surface area contributed by atoms with Crippen LogP contribution in [0.25, 0.3) is 0 Å². The minimum Gasteiger partial charge on any atom is -0.390 e. The largest absolute Gasteiger partial charge is 0.390 e. The van der Waals surface area contributed by atoms with E-state index in [1.807, 2.05) is 6.92 Å². The number of hydrogen-bond acceptors (Lipinski definition) is 3. The van der Waals surface area contributed by atoms with Gasteiger partial charge in [-0.25, -0.2) is 8.78 Å². The maximum absolute atomic E-state index is 13.0. The highest BCUT2D eigenvalue weighted by atomic mass is 32.1. The van der Waals surface area contributed by atoms with Gasteiger partial charge in [-0.2, -0.15) is 0 Å². The second kappa shape index (κ2) is 4.33. The Morgan fingerprint density at radius 3 is 2.64 bits per heavy atom. The molecule has 1 heterocycles. The fourth-order valence-electron chi connectivity index (χ4n) is 1.06. The Hall–Kier alpha value is -0.520. The highest BCUT2D eigenvalue weighted by Crippen LogP contribution is 2.32. The molecule has 0 saturated carbocycles. The van der Waals surface area contributed by atoms with E-state index in [0.29, 0.717) is 4.88 Å². The van der Waals surface area contributed by atoms with E-state index >= 15 is 0 Å². The van der Waals surface area contributed by atoms with Crippen LogP contribution in [-0.2, 0) is 6.42 Å². The first-order valence-corrected chi connectivity index (χ1v) is 5.15. The summed E-state index contributed by atoms with van der Waals surface area (Å²) in [5.74, 6) is -3.24. The first-order valence-electron chi connectivity index (χ1n) is 4.34. The Balaban J connectivity index is 2.83. The third kappa shape index (κ3) is 2.29. The molecule has 0 unspecified atom stereocenters. The van der Waals surface area contributed by atoms with Crippen molar-refractivity contribution in [1.29, 1.82) is 0 Å². The second-order valence-corrected chi connectivity index (χ2v) is 4.25. The molecule has 14 heavy (non-hydrogen) atoms. The number of hydrogen-bond donors (Lipinski definition) is 2. The Labute approximate surface area is 85.4 Å². The molecule has 1 atom stereocenters. The first-order chi connectivity index (χ1) is 6.51. The minimum absolute atomic E-state index is 0.418. The molecule has 0 aliphatic carbocycles. The van der Waals surface area contributed by atoms with Crippen molar-refractivity contribution < 1.29 is 13.9 Å². The summed E-state index contributed by atoms with van der Waals surface area (Å²) in [4.78, 5) is 1.44. The van der Waals surface area contributed by atoms with E-state index < -0.39 is 18.6 Å². The average molecular weight is 221 g/mol. The molecule has 1 aromatic rings. The van der Waals surface area contributed by atoms with Crippen LogP contribution in [0.4, 0.5) is 8.78 Å². The van der Waals surface area contributed by atoms with Crippen LogP contribution in [0.2, 0.25) is 0 Å².